The van der Waals surface area contributed by atoms with Crippen molar-refractivity contribution in [2.24, 2.45) is 9.98 Å². The standard InChI is InChI=1S/C26H29BrFN3O2S/c1-2-3-15-33-20-10-7-18(8-11-20)24-25(31-26(30-24)13-5-4-6-14-26)34-17-23(32)29-22-12-9-19(27)16-21(22)28/h7-12,16H,2-6,13-15,17H2,1H3,(H,29,32). The lowest BCUT2D eigenvalue weighted by Gasteiger charge is -2.27. The van der Waals surface area contributed by atoms with Gasteiger partial charge in [0.05, 0.1) is 23.8 Å². The third kappa shape index (κ3) is 6.27. The molecule has 5 nitrogen and oxygen atoms in total. The first-order valence-corrected chi connectivity index (χ1v) is 13.6. The van der Waals surface area contributed by atoms with Gasteiger partial charge in [-0.2, -0.15) is 0 Å². The number of nitrogens with zero attached hydrogens (tertiary/aromatic N) is 2. The minimum absolute atomic E-state index is 0.127. The normalized spacial score (nSPS) is 16.8. The second-order valence-corrected chi connectivity index (χ2v) is 10.5. The molecular weight excluding hydrogens is 517 g/mol. The topological polar surface area (TPSA) is 63.1 Å². The van der Waals surface area contributed by atoms with E-state index in [1.165, 1.54) is 24.2 Å². The van der Waals surface area contributed by atoms with E-state index < -0.39 is 11.5 Å². The molecule has 2 aromatic rings. The molecule has 0 radical (unpaired) electrons. The number of benzene rings is 2. The van der Waals surface area contributed by atoms with Crippen molar-refractivity contribution >= 4 is 50.0 Å². The summed E-state index contributed by atoms with van der Waals surface area (Å²) in [6, 6.07) is 12.5. The second kappa shape index (κ2) is 11.5. The Balaban J connectivity index is 1.47. The van der Waals surface area contributed by atoms with Gasteiger partial charge in [-0.05, 0) is 74.6 Å². The van der Waals surface area contributed by atoms with E-state index in [0.717, 1.165) is 60.6 Å². The highest BCUT2D eigenvalue weighted by atomic mass is 79.9. The second-order valence-electron chi connectivity index (χ2n) is 8.61. The lowest BCUT2D eigenvalue weighted by molar-refractivity contribution is -0.113. The van der Waals surface area contributed by atoms with Crippen molar-refractivity contribution in [3.8, 4) is 5.75 Å². The number of thioether (sulfide) groups is 1. The van der Waals surface area contributed by atoms with Crippen molar-refractivity contribution < 1.29 is 13.9 Å². The summed E-state index contributed by atoms with van der Waals surface area (Å²) in [4.78, 5) is 22.7. The summed E-state index contributed by atoms with van der Waals surface area (Å²) in [5.41, 5.74) is 1.55. The fraction of sp³-hybridized carbons (Fsp3) is 0.423. The number of rotatable bonds is 8. The van der Waals surface area contributed by atoms with Crippen LogP contribution in [0.4, 0.5) is 10.1 Å². The van der Waals surface area contributed by atoms with Crippen LogP contribution in [0.25, 0.3) is 0 Å². The lowest BCUT2D eigenvalue weighted by atomic mass is 9.90. The van der Waals surface area contributed by atoms with Crippen molar-refractivity contribution in [2.45, 2.75) is 57.5 Å². The zero-order valence-corrected chi connectivity index (χ0v) is 21.7. The first-order chi connectivity index (χ1) is 16.5. The molecule has 1 amide bonds. The van der Waals surface area contributed by atoms with Gasteiger partial charge in [-0.25, -0.2) is 9.38 Å². The van der Waals surface area contributed by atoms with E-state index in [2.05, 4.69) is 28.2 Å². The van der Waals surface area contributed by atoms with E-state index in [4.69, 9.17) is 14.7 Å². The molecule has 1 aliphatic carbocycles. The molecule has 180 valence electrons. The van der Waals surface area contributed by atoms with Gasteiger partial charge in [-0.15, -0.1) is 0 Å². The van der Waals surface area contributed by atoms with Gasteiger partial charge < -0.3 is 10.1 Å². The van der Waals surface area contributed by atoms with Crippen LogP contribution in [0.1, 0.15) is 57.4 Å². The monoisotopic (exact) mass is 545 g/mol. The molecule has 1 aliphatic heterocycles. The van der Waals surface area contributed by atoms with E-state index >= 15 is 0 Å². The summed E-state index contributed by atoms with van der Waals surface area (Å²) in [6.07, 6.45) is 7.38. The third-order valence-corrected chi connectivity index (χ3v) is 7.38. The number of unbranched alkanes of at least 4 members (excludes halogenated alkanes) is 1. The van der Waals surface area contributed by atoms with E-state index in [1.807, 2.05) is 24.3 Å². The Bertz CT molecular complexity index is 1080. The minimum atomic E-state index is -0.476. The van der Waals surface area contributed by atoms with Gasteiger partial charge in [0.2, 0.25) is 5.91 Å². The number of halogens is 2. The van der Waals surface area contributed by atoms with Crippen LogP contribution in [-0.4, -0.2) is 34.7 Å². The SMILES string of the molecule is CCCCOc1ccc(C2=NC3(CCCCC3)N=C2SCC(=O)Nc2ccc(Br)cc2F)cc1. The van der Waals surface area contributed by atoms with Crippen LogP contribution in [0, 0.1) is 5.82 Å². The maximum Gasteiger partial charge on any atom is 0.234 e. The predicted molar refractivity (Wildman–Crippen MR) is 142 cm³/mol. The van der Waals surface area contributed by atoms with Crippen LogP contribution >= 0.6 is 27.7 Å². The Labute approximate surface area is 212 Å². The Morgan fingerprint density at radius 1 is 1.15 bits per heavy atom. The number of amides is 1. The van der Waals surface area contributed by atoms with Crippen molar-refractivity contribution in [1.29, 1.82) is 0 Å². The number of aliphatic imine (C=N–C) groups is 2. The van der Waals surface area contributed by atoms with E-state index in [0.29, 0.717) is 11.1 Å². The van der Waals surface area contributed by atoms with Crippen LogP contribution in [0.2, 0.25) is 0 Å². The highest BCUT2D eigenvalue weighted by Gasteiger charge is 2.37. The molecule has 0 saturated heterocycles. The van der Waals surface area contributed by atoms with Crippen molar-refractivity contribution in [3.63, 3.8) is 0 Å². The van der Waals surface area contributed by atoms with Gasteiger partial charge in [0.25, 0.3) is 0 Å². The molecule has 2 aromatic carbocycles. The van der Waals surface area contributed by atoms with Crippen molar-refractivity contribution in [2.75, 3.05) is 17.7 Å². The molecular formula is C26H29BrFN3O2S. The smallest absolute Gasteiger partial charge is 0.234 e. The average molecular weight is 547 g/mol. The molecule has 1 heterocycles. The predicted octanol–water partition coefficient (Wildman–Crippen LogP) is 7.00. The van der Waals surface area contributed by atoms with Gasteiger partial charge in [0, 0.05) is 10.0 Å². The Kier molecular flexibility index (Phi) is 8.42. The zero-order valence-electron chi connectivity index (χ0n) is 19.3. The first-order valence-electron chi connectivity index (χ1n) is 11.8. The highest BCUT2D eigenvalue weighted by molar-refractivity contribution is 9.10. The summed E-state index contributed by atoms with van der Waals surface area (Å²) in [5.74, 6) is 0.208. The molecule has 8 heteroatoms. The number of anilines is 1. The molecule has 0 unspecified atom stereocenters. The van der Waals surface area contributed by atoms with Crippen LogP contribution in [-0.2, 0) is 4.79 Å². The molecule has 1 spiro atoms. The van der Waals surface area contributed by atoms with E-state index in [9.17, 15) is 9.18 Å². The quantitative estimate of drug-likeness (QED) is 0.363. The minimum Gasteiger partial charge on any atom is -0.494 e. The molecule has 2 aliphatic rings. The van der Waals surface area contributed by atoms with Crippen molar-refractivity contribution in [1.82, 2.24) is 0 Å². The van der Waals surface area contributed by atoms with Gasteiger partial charge in [-0.1, -0.05) is 47.5 Å². The number of hydrogen-bond acceptors (Lipinski definition) is 5. The molecule has 1 N–H and O–H groups in total. The van der Waals surface area contributed by atoms with Crippen LogP contribution in [0.3, 0.4) is 0 Å². The highest BCUT2D eigenvalue weighted by Crippen LogP contribution is 2.39. The first kappa shape index (κ1) is 24.9. The van der Waals surface area contributed by atoms with Gasteiger partial charge in [0.15, 0.2) is 5.66 Å². The maximum absolute atomic E-state index is 14.1. The summed E-state index contributed by atoms with van der Waals surface area (Å²) < 4.78 is 20.5. The summed E-state index contributed by atoms with van der Waals surface area (Å²) in [7, 11) is 0. The van der Waals surface area contributed by atoms with Crippen LogP contribution < -0.4 is 10.1 Å². The van der Waals surface area contributed by atoms with Gasteiger partial charge in [-0.3, -0.25) is 9.79 Å². The Hall–Kier alpha value is -2.19. The molecule has 0 atom stereocenters. The number of carbonyl (C=O) groups excluding carboxylic acids is 1. The van der Waals surface area contributed by atoms with Crippen molar-refractivity contribution in [3.05, 3.63) is 58.3 Å². The summed E-state index contributed by atoms with van der Waals surface area (Å²) in [5, 5.41) is 3.42. The maximum atomic E-state index is 14.1. The molecule has 4 rings (SSSR count). The van der Waals surface area contributed by atoms with E-state index in [-0.39, 0.29) is 17.3 Å². The fourth-order valence-electron chi connectivity index (χ4n) is 4.11. The zero-order chi connectivity index (χ0) is 24.0. The van der Waals surface area contributed by atoms with Gasteiger partial charge in [0.1, 0.15) is 16.6 Å². The molecule has 0 bridgehead atoms. The largest absolute Gasteiger partial charge is 0.494 e. The lowest BCUT2D eigenvalue weighted by Crippen LogP contribution is -2.25. The number of carbonyl (C=O) groups is 1. The molecule has 0 aromatic heterocycles. The third-order valence-electron chi connectivity index (χ3n) is 5.93. The summed E-state index contributed by atoms with van der Waals surface area (Å²) >= 11 is 4.58. The van der Waals surface area contributed by atoms with E-state index in [1.54, 1.807) is 12.1 Å². The van der Waals surface area contributed by atoms with Crippen LogP contribution in [0.15, 0.2) is 56.9 Å². The number of nitrogens with one attached hydrogen (secondary N) is 1. The fourth-order valence-corrected chi connectivity index (χ4v) is 5.32. The average Bonchev–Trinajstić information content (AvgIpc) is 3.18. The molecule has 1 saturated carbocycles. The summed E-state index contributed by atoms with van der Waals surface area (Å²) in [6.45, 7) is 2.84. The van der Waals surface area contributed by atoms with Crippen LogP contribution in [0.5, 0.6) is 5.75 Å². The number of hydrogen-bond donors (Lipinski definition) is 1. The van der Waals surface area contributed by atoms with Gasteiger partial charge >= 0.3 is 0 Å². The Morgan fingerprint density at radius 2 is 1.91 bits per heavy atom. The number of ether oxygens (including phenoxy) is 1. The Morgan fingerprint density at radius 3 is 2.62 bits per heavy atom. The molecule has 34 heavy (non-hydrogen) atoms. The molecule has 1 fully saturated rings.